The zero-order valence-corrected chi connectivity index (χ0v) is 16.7. The third-order valence-corrected chi connectivity index (χ3v) is 6.04. The number of rotatable bonds is 4. The smallest absolute Gasteiger partial charge is 0.324 e. The molecule has 2 fully saturated rings. The minimum absolute atomic E-state index is 0.201. The number of carbonyl (C=O) groups is 1. The molecule has 0 N–H and O–H groups in total. The van der Waals surface area contributed by atoms with Crippen LogP contribution in [0.4, 0.5) is 10.5 Å². The minimum Gasteiger partial charge on any atom is -0.324 e. The zero-order chi connectivity index (χ0) is 19.2. The van der Waals surface area contributed by atoms with Crippen molar-refractivity contribution >= 4 is 11.7 Å². The lowest BCUT2D eigenvalue weighted by Crippen LogP contribution is -2.53. The molecule has 2 aromatic rings. The maximum atomic E-state index is 13.4. The Balaban J connectivity index is 1.44. The van der Waals surface area contributed by atoms with Gasteiger partial charge < -0.3 is 4.90 Å². The minimum atomic E-state index is 0.201. The highest BCUT2D eigenvalue weighted by molar-refractivity contribution is 5.92. The van der Waals surface area contributed by atoms with E-state index in [9.17, 15) is 4.79 Å². The van der Waals surface area contributed by atoms with Crippen LogP contribution in [-0.2, 0) is 6.54 Å². The molecule has 0 unspecified atom stereocenters. The van der Waals surface area contributed by atoms with Crippen LogP contribution in [-0.4, -0.2) is 48.1 Å². The molecule has 0 saturated carbocycles. The SMILES string of the molecule is O=C(N1CCCCC1)N(c1ccccc1)C1CCN(Cc2ccccc2)CC1. The van der Waals surface area contributed by atoms with Gasteiger partial charge in [0.1, 0.15) is 0 Å². The second kappa shape index (κ2) is 9.24. The molecule has 2 aliphatic heterocycles. The number of urea groups is 1. The van der Waals surface area contributed by atoms with Crippen molar-refractivity contribution in [3.63, 3.8) is 0 Å². The summed E-state index contributed by atoms with van der Waals surface area (Å²) in [4.78, 5) is 20.1. The summed E-state index contributed by atoms with van der Waals surface area (Å²) in [5.74, 6) is 0. The fourth-order valence-electron chi connectivity index (χ4n) is 4.48. The number of benzene rings is 2. The Morgan fingerprint density at radius 1 is 0.821 bits per heavy atom. The standard InChI is InChI=1S/C24H31N3O/c28-24(26-16-8-3-9-17-26)27(22-12-6-2-7-13-22)23-14-18-25(19-15-23)20-21-10-4-1-5-11-21/h1-2,4-7,10-13,23H,3,8-9,14-20H2. The third-order valence-electron chi connectivity index (χ3n) is 6.04. The molecule has 4 heteroatoms. The first-order valence-electron chi connectivity index (χ1n) is 10.7. The third kappa shape index (κ3) is 4.56. The van der Waals surface area contributed by atoms with Gasteiger partial charge in [-0.1, -0.05) is 48.5 Å². The number of para-hydroxylation sites is 1. The summed E-state index contributed by atoms with van der Waals surface area (Å²) in [5, 5.41) is 0. The van der Waals surface area contributed by atoms with Crippen LogP contribution in [0.1, 0.15) is 37.7 Å². The van der Waals surface area contributed by atoms with E-state index >= 15 is 0 Å². The van der Waals surface area contributed by atoms with E-state index in [2.05, 4.69) is 57.2 Å². The Bertz CT molecular complexity index is 735. The molecule has 2 heterocycles. The fraction of sp³-hybridized carbons (Fsp3) is 0.458. The van der Waals surface area contributed by atoms with Crippen molar-refractivity contribution in [2.75, 3.05) is 31.1 Å². The highest BCUT2D eigenvalue weighted by Gasteiger charge is 2.32. The van der Waals surface area contributed by atoms with Crippen molar-refractivity contribution in [2.24, 2.45) is 0 Å². The summed E-state index contributed by atoms with van der Waals surface area (Å²) in [6.45, 7) is 4.87. The van der Waals surface area contributed by atoms with Crippen molar-refractivity contribution in [1.82, 2.24) is 9.80 Å². The number of anilines is 1. The van der Waals surface area contributed by atoms with E-state index in [1.165, 1.54) is 12.0 Å². The lowest BCUT2D eigenvalue weighted by Gasteiger charge is -2.41. The molecule has 4 nitrogen and oxygen atoms in total. The Morgan fingerprint density at radius 3 is 2.07 bits per heavy atom. The lowest BCUT2D eigenvalue weighted by atomic mass is 10.0. The number of nitrogens with zero attached hydrogens (tertiary/aromatic N) is 3. The predicted octanol–water partition coefficient (Wildman–Crippen LogP) is 4.76. The molecule has 2 saturated heterocycles. The Morgan fingerprint density at radius 2 is 1.43 bits per heavy atom. The maximum Gasteiger partial charge on any atom is 0.324 e. The summed E-state index contributed by atoms with van der Waals surface area (Å²) < 4.78 is 0. The van der Waals surface area contributed by atoms with Gasteiger partial charge in [0.05, 0.1) is 0 Å². The predicted molar refractivity (Wildman–Crippen MR) is 114 cm³/mol. The number of carbonyl (C=O) groups excluding carboxylic acids is 1. The van der Waals surface area contributed by atoms with Crippen molar-refractivity contribution in [3.05, 3.63) is 66.2 Å². The fourth-order valence-corrected chi connectivity index (χ4v) is 4.48. The van der Waals surface area contributed by atoms with E-state index < -0.39 is 0 Å². The van der Waals surface area contributed by atoms with Crippen LogP contribution >= 0.6 is 0 Å². The maximum absolute atomic E-state index is 13.4. The summed E-state index contributed by atoms with van der Waals surface area (Å²) in [6, 6.07) is 21.4. The number of piperidine rings is 2. The van der Waals surface area contributed by atoms with E-state index in [1.807, 2.05) is 18.2 Å². The number of likely N-dealkylation sites (tertiary alicyclic amines) is 2. The summed E-state index contributed by atoms with van der Waals surface area (Å²) in [5.41, 5.74) is 2.41. The van der Waals surface area contributed by atoms with Gasteiger partial charge in [-0.25, -0.2) is 4.79 Å². The molecule has 2 aromatic carbocycles. The quantitative estimate of drug-likeness (QED) is 0.768. The summed E-state index contributed by atoms with van der Waals surface area (Å²) >= 11 is 0. The van der Waals surface area contributed by atoms with Gasteiger partial charge in [-0.05, 0) is 49.8 Å². The highest BCUT2D eigenvalue weighted by atomic mass is 16.2. The van der Waals surface area contributed by atoms with Crippen LogP contribution < -0.4 is 4.90 Å². The molecular formula is C24H31N3O. The Kier molecular flexibility index (Phi) is 6.27. The van der Waals surface area contributed by atoms with Crippen molar-refractivity contribution in [1.29, 1.82) is 0 Å². The molecule has 0 radical (unpaired) electrons. The van der Waals surface area contributed by atoms with Crippen LogP contribution in [0.15, 0.2) is 60.7 Å². The van der Waals surface area contributed by atoms with Gasteiger partial charge in [0.15, 0.2) is 0 Å². The first-order valence-corrected chi connectivity index (χ1v) is 10.7. The Hall–Kier alpha value is -2.33. The molecule has 4 rings (SSSR count). The molecule has 2 amide bonds. The topological polar surface area (TPSA) is 26.8 Å². The van der Waals surface area contributed by atoms with Gasteiger partial charge in [0.2, 0.25) is 0 Å². The highest BCUT2D eigenvalue weighted by Crippen LogP contribution is 2.26. The molecule has 0 aromatic heterocycles. The average Bonchev–Trinajstić information content (AvgIpc) is 2.77. The zero-order valence-electron chi connectivity index (χ0n) is 16.7. The van der Waals surface area contributed by atoms with Gasteiger partial charge in [-0.15, -0.1) is 0 Å². The molecule has 0 spiro atoms. The summed E-state index contributed by atoms with van der Waals surface area (Å²) in [7, 11) is 0. The van der Waals surface area contributed by atoms with Crippen molar-refractivity contribution in [3.8, 4) is 0 Å². The number of hydrogen-bond acceptors (Lipinski definition) is 2. The molecule has 0 bridgehead atoms. The van der Waals surface area contributed by atoms with E-state index in [0.29, 0.717) is 0 Å². The molecule has 0 aliphatic carbocycles. The first kappa shape index (κ1) is 19.0. The van der Waals surface area contributed by atoms with Gasteiger partial charge in [0, 0.05) is 44.5 Å². The Labute approximate surface area is 168 Å². The van der Waals surface area contributed by atoms with Crippen molar-refractivity contribution < 1.29 is 4.79 Å². The largest absolute Gasteiger partial charge is 0.324 e. The van der Waals surface area contributed by atoms with Crippen LogP contribution in [0, 0.1) is 0 Å². The van der Waals surface area contributed by atoms with Crippen LogP contribution in [0.5, 0.6) is 0 Å². The van der Waals surface area contributed by atoms with Crippen LogP contribution in [0.25, 0.3) is 0 Å². The molecule has 28 heavy (non-hydrogen) atoms. The average molecular weight is 378 g/mol. The van der Waals surface area contributed by atoms with Gasteiger partial charge in [-0.2, -0.15) is 0 Å². The van der Waals surface area contributed by atoms with Gasteiger partial charge >= 0.3 is 6.03 Å². The lowest BCUT2D eigenvalue weighted by molar-refractivity contribution is 0.175. The monoisotopic (exact) mass is 377 g/mol. The first-order chi connectivity index (χ1) is 13.8. The normalized spacial score (nSPS) is 18.8. The van der Waals surface area contributed by atoms with Gasteiger partial charge in [0.25, 0.3) is 0 Å². The number of hydrogen-bond donors (Lipinski definition) is 0. The number of amides is 2. The molecule has 148 valence electrons. The van der Waals surface area contributed by atoms with Crippen LogP contribution in [0.2, 0.25) is 0 Å². The van der Waals surface area contributed by atoms with E-state index in [0.717, 1.165) is 64.1 Å². The molecule has 0 atom stereocenters. The van der Waals surface area contributed by atoms with E-state index in [-0.39, 0.29) is 12.1 Å². The van der Waals surface area contributed by atoms with Crippen LogP contribution in [0.3, 0.4) is 0 Å². The van der Waals surface area contributed by atoms with E-state index in [1.54, 1.807) is 0 Å². The molecule has 2 aliphatic rings. The second-order valence-corrected chi connectivity index (χ2v) is 8.03. The van der Waals surface area contributed by atoms with E-state index in [4.69, 9.17) is 0 Å². The second-order valence-electron chi connectivity index (χ2n) is 8.03. The molecular weight excluding hydrogens is 346 g/mol. The van der Waals surface area contributed by atoms with Crippen molar-refractivity contribution in [2.45, 2.75) is 44.7 Å². The van der Waals surface area contributed by atoms with Gasteiger partial charge in [-0.3, -0.25) is 9.80 Å². The summed E-state index contributed by atoms with van der Waals surface area (Å²) in [6.07, 6.45) is 5.56.